The molecule has 0 radical (unpaired) electrons. The van der Waals surface area contributed by atoms with E-state index >= 15 is 0 Å². The Labute approximate surface area is 135 Å². The molecular weight excluding hydrogens is 274 g/mol. The maximum absolute atomic E-state index is 10.1. The summed E-state index contributed by atoms with van der Waals surface area (Å²) in [6.45, 7) is 4.59. The van der Waals surface area contributed by atoms with Crippen molar-refractivity contribution in [2.24, 2.45) is 0 Å². The van der Waals surface area contributed by atoms with Gasteiger partial charge in [-0.05, 0) is 57.7 Å². The minimum absolute atomic E-state index is 0.176. The lowest BCUT2D eigenvalue weighted by atomic mass is 9.91. The zero-order valence-corrected chi connectivity index (χ0v) is 14.3. The van der Waals surface area contributed by atoms with Crippen LogP contribution in [0.5, 0.6) is 0 Å². The average Bonchev–Trinajstić information content (AvgIpc) is 2.46. The van der Waals surface area contributed by atoms with Crippen molar-refractivity contribution in [2.45, 2.75) is 76.7 Å². The number of hydrogen-bond donors (Lipinski definition) is 2. The number of likely N-dealkylation sites (N-methyl/N-ethyl adjacent to an activating group) is 1. The summed E-state index contributed by atoms with van der Waals surface area (Å²) in [4.78, 5) is 2.29. The maximum atomic E-state index is 10.1. The number of aliphatic hydroxyl groups is 2. The van der Waals surface area contributed by atoms with E-state index in [0.29, 0.717) is 6.04 Å². The van der Waals surface area contributed by atoms with Crippen molar-refractivity contribution in [2.75, 3.05) is 7.05 Å². The van der Waals surface area contributed by atoms with Crippen LogP contribution >= 0.6 is 0 Å². The van der Waals surface area contributed by atoms with Crippen molar-refractivity contribution >= 4 is 0 Å². The van der Waals surface area contributed by atoms with Crippen molar-refractivity contribution in [1.29, 1.82) is 0 Å². The predicted molar refractivity (Wildman–Crippen MR) is 90.8 cm³/mol. The number of rotatable bonds is 6. The second kappa shape index (κ2) is 7.58. The minimum atomic E-state index is -0.601. The first-order chi connectivity index (χ1) is 10.3. The van der Waals surface area contributed by atoms with Crippen LogP contribution in [-0.2, 0) is 13.0 Å². The smallest absolute Gasteiger partial charge is 0.0695 e. The molecule has 2 atom stereocenters. The molecule has 3 heteroatoms. The first-order valence-electron chi connectivity index (χ1n) is 8.54. The van der Waals surface area contributed by atoms with Crippen molar-refractivity contribution in [3.8, 4) is 0 Å². The van der Waals surface area contributed by atoms with Gasteiger partial charge in [0.25, 0.3) is 0 Å². The molecule has 0 bridgehead atoms. The summed E-state index contributed by atoms with van der Waals surface area (Å²) in [5.74, 6) is 0. The van der Waals surface area contributed by atoms with Gasteiger partial charge in [0.2, 0.25) is 0 Å². The summed E-state index contributed by atoms with van der Waals surface area (Å²) in [5, 5.41) is 19.9. The van der Waals surface area contributed by atoms with E-state index in [9.17, 15) is 10.2 Å². The van der Waals surface area contributed by atoms with Gasteiger partial charge >= 0.3 is 0 Å². The lowest BCUT2D eigenvalue weighted by molar-refractivity contribution is 0.0288. The standard InChI is InChI=1S/C19H31NO2/c1-19(2,22)13-12-15-8-10-16(11-9-15)14-20(3)17-6-4-5-7-18(17)21/h8-11,17-18,21-22H,4-7,12-14H2,1-3H3/t17-,18+/m1/s1. The van der Waals surface area contributed by atoms with Crippen molar-refractivity contribution in [1.82, 2.24) is 4.90 Å². The van der Waals surface area contributed by atoms with Crippen LogP contribution in [0.1, 0.15) is 57.1 Å². The zero-order valence-electron chi connectivity index (χ0n) is 14.3. The number of aryl methyl sites for hydroxylation is 1. The molecule has 0 saturated heterocycles. The molecule has 2 rings (SSSR count). The van der Waals surface area contributed by atoms with E-state index in [1.165, 1.54) is 17.5 Å². The van der Waals surface area contributed by atoms with Gasteiger partial charge < -0.3 is 10.2 Å². The molecule has 0 heterocycles. The van der Waals surface area contributed by atoms with Crippen molar-refractivity contribution in [3.63, 3.8) is 0 Å². The van der Waals surface area contributed by atoms with Gasteiger partial charge in [-0.15, -0.1) is 0 Å². The number of hydrogen-bond acceptors (Lipinski definition) is 3. The third-order valence-corrected chi connectivity index (χ3v) is 4.74. The molecule has 1 saturated carbocycles. The number of nitrogens with zero attached hydrogens (tertiary/aromatic N) is 1. The molecule has 2 N–H and O–H groups in total. The lowest BCUT2D eigenvalue weighted by Crippen LogP contribution is -2.42. The number of benzene rings is 1. The SMILES string of the molecule is CN(Cc1ccc(CCC(C)(C)O)cc1)[C@@H]1CCCC[C@@H]1O. The Kier molecular flexibility index (Phi) is 6.01. The van der Waals surface area contributed by atoms with Gasteiger partial charge in [-0.2, -0.15) is 0 Å². The van der Waals surface area contributed by atoms with Gasteiger partial charge in [-0.3, -0.25) is 4.90 Å². The van der Waals surface area contributed by atoms with Crippen molar-refractivity contribution < 1.29 is 10.2 Å². The molecular formula is C19H31NO2. The Balaban J connectivity index is 1.87. The number of aliphatic hydroxyl groups excluding tert-OH is 1. The lowest BCUT2D eigenvalue weighted by Gasteiger charge is -2.35. The van der Waals surface area contributed by atoms with Crippen LogP contribution in [0.3, 0.4) is 0 Å². The maximum Gasteiger partial charge on any atom is 0.0695 e. The van der Waals surface area contributed by atoms with E-state index in [1.807, 2.05) is 13.8 Å². The molecule has 124 valence electrons. The van der Waals surface area contributed by atoms with E-state index in [4.69, 9.17) is 0 Å². The summed E-state index contributed by atoms with van der Waals surface area (Å²) in [7, 11) is 2.11. The second-order valence-electron chi connectivity index (χ2n) is 7.46. The summed E-state index contributed by atoms with van der Waals surface area (Å²) < 4.78 is 0. The van der Waals surface area contributed by atoms with Crippen LogP contribution in [0, 0.1) is 0 Å². The predicted octanol–water partition coefficient (Wildman–Crippen LogP) is 3.13. The van der Waals surface area contributed by atoms with Crippen LogP contribution in [0.4, 0.5) is 0 Å². The molecule has 0 aliphatic heterocycles. The second-order valence-corrected chi connectivity index (χ2v) is 7.46. The Morgan fingerprint density at radius 2 is 1.68 bits per heavy atom. The molecule has 1 aliphatic rings. The van der Waals surface area contributed by atoms with Gasteiger partial charge in [0.1, 0.15) is 0 Å². The molecule has 0 spiro atoms. The van der Waals surface area contributed by atoms with Gasteiger partial charge in [0.05, 0.1) is 11.7 Å². The van der Waals surface area contributed by atoms with Crippen LogP contribution in [-0.4, -0.2) is 39.9 Å². The van der Waals surface area contributed by atoms with Gasteiger partial charge in [-0.25, -0.2) is 0 Å². The summed E-state index contributed by atoms with van der Waals surface area (Å²) in [5.41, 5.74) is 1.95. The molecule has 0 amide bonds. The minimum Gasteiger partial charge on any atom is -0.391 e. The van der Waals surface area contributed by atoms with Crippen LogP contribution in [0.2, 0.25) is 0 Å². The van der Waals surface area contributed by atoms with E-state index in [1.54, 1.807) is 0 Å². The molecule has 1 fully saturated rings. The average molecular weight is 305 g/mol. The van der Waals surface area contributed by atoms with E-state index in [0.717, 1.165) is 38.6 Å². The largest absolute Gasteiger partial charge is 0.391 e. The molecule has 1 aromatic rings. The monoisotopic (exact) mass is 305 g/mol. The quantitative estimate of drug-likeness (QED) is 0.848. The Morgan fingerprint density at radius 1 is 1.09 bits per heavy atom. The Morgan fingerprint density at radius 3 is 2.27 bits per heavy atom. The summed E-state index contributed by atoms with van der Waals surface area (Å²) in [6.07, 6.45) is 5.92. The van der Waals surface area contributed by atoms with Gasteiger partial charge in [-0.1, -0.05) is 37.1 Å². The zero-order chi connectivity index (χ0) is 16.2. The Bertz CT molecular complexity index is 449. The normalized spacial score (nSPS) is 23.0. The highest BCUT2D eigenvalue weighted by Gasteiger charge is 2.26. The first-order valence-corrected chi connectivity index (χ1v) is 8.54. The van der Waals surface area contributed by atoms with Crippen LogP contribution in [0.15, 0.2) is 24.3 Å². The third-order valence-electron chi connectivity index (χ3n) is 4.74. The molecule has 3 nitrogen and oxygen atoms in total. The Hall–Kier alpha value is -0.900. The fraction of sp³-hybridized carbons (Fsp3) is 0.684. The van der Waals surface area contributed by atoms with Crippen LogP contribution < -0.4 is 0 Å². The first kappa shape index (κ1) is 17.5. The van der Waals surface area contributed by atoms with Crippen LogP contribution in [0.25, 0.3) is 0 Å². The van der Waals surface area contributed by atoms with Gasteiger partial charge in [0, 0.05) is 12.6 Å². The van der Waals surface area contributed by atoms with Gasteiger partial charge in [0.15, 0.2) is 0 Å². The summed E-state index contributed by atoms with van der Waals surface area (Å²) >= 11 is 0. The fourth-order valence-electron chi connectivity index (χ4n) is 3.27. The third kappa shape index (κ3) is 5.38. The highest BCUT2D eigenvalue weighted by Crippen LogP contribution is 2.23. The molecule has 0 aromatic heterocycles. The molecule has 22 heavy (non-hydrogen) atoms. The van der Waals surface area contributed by atoms with Crippen molar-refractivity contribution in [3.05, 3.63) is 35.4 Å². The molecule has 1 aliphatic carbocycles. The van der Waals surface area contributed by atoms with E-state index in [2.05, 4.69) is 36.2 Å². The highest BCUT2D eigenvalue weighted by molar-refractivity contribution is 5.23. The highest BCUT2D eigenvalue weighted by atomic mass is 16.3. The molecule has 0 unspecified atom stereocenters. The summed E-state index contributed by atoms with van der Waals surface area (Å²) in [6, 6.07) is 8.96. The van der Waals surface area contributed by atoms with E-state index < -0.39 is 5.60 Å². The van der Waals surface area contributed by atoms with E-state index in [-0.39, 0.29) is 6.10 Å². The molecule has 1 aromatic carbocycles. The topological polar surface area (TPSA) is 43.7 Å². The fourth-order valence-corrected chi connectivity index (χ4v) is 3.27.